The molecule has 0 spiro atoms. The quantitative estimate of drug-likeness (QED) is 0.603. The van der Waals surface area contributed by atoms with E-state index in [-0.39, 0.29) is 5.78 Å². The number of nitrogens with zero attached hydrogens (tertiary/aromatic N) is 1. The third-order valence-electron chi connectivity index (χ3n) is 2.35. The summed E-state index contributed by atoms with van der Waals surface area (Å²) in [6, 6.07) is 3.19. The third kappa shape index (κ3) is 2.53. The molecule has 1 aromatic rings. The van der Waals surface area contributed by atoms with Crippen molar-refractivity contribution >= 4 is 11.8 Å². The lowest BCUT2D eigenvalue weighted by Gasteiger charge is -2.13. The molecule has 0 aliphatic carbocycles. The highest BCUT2D eigenvalue weighted by molar-refractivity contribution is 6.05. The molecule has 2 unspecified atom stereocenters. The van der Waals surface area contributed by atoms with Crippen LogP contribution in [0.3, 0.4) is 0 Å². The van der Waals surface area contributed by atoms with Crippen molar-refractivity contribution in [1.29, 1.82) is 0 Å². The summed E-state index contributed by atoms with van der Waals surface area (Å²) in [4.78, 5) is 26.7. The largest absolute Gasteiger partial charge is 0.480 e. The van der Waals surface area contributed by atoms with Crippen molar-refractivity contribution in [3.05, 3.63) is 42.7 Å². The van der Waals surface area contributed by atoms with Gasteiger partial charge in [0, 0.05) is 18.3 Å². The van der Waals surface area contributed by atoms with E-state index in [1.54, 1.807) is 19.1 Å². The number of pyridine rings is 1. The molecule has 0 radical (unpaired) electrons. The van der Waals surface area contributed by atoms with Crippen molar-refractivity contribution < 1.29 is 14.7 Å². The summed E-state index contributed by atoms with van der Waals surface area (Å²) in [7, 11) is 0. The fraction of sp³-hybridized carbons (Fsp3) is 0.250. The van der Waals surface area contributed by atoms with Crippen molar-refractivity contribution in [2.45, 2.75) is 12.8 Å². The van der Waals surface area contributed by atoms with Gasteiger partial charge >= 0.3 is 5.97 Å². The molecule has 4 nitrogen and oxygen atoms in total. The number of aliphatic carboxylic acids is 1. The minimum atomic E-state index is -1.17. The van der Waals surface area contributed by atoms with Crippen molar-refractivity contribution in [2.75, 3.05) is 0 Å². The standard InChI is InChI=1S/C12H13NO3/c1-3-8(2)11(14)10(12(15)16)9-5-4-6-13-7-9/h3-8,10H,1H2,2H3,(H,15,16). The molecule has 0 saturated carbocycles. The number of Topliss-reactive ketones (excluding diaryl/α,β-unsaturated/α-hetero) is 1. The van der Waals surface area contributed by atoms with Gasteiger partial charge in [-0.25, -0.2) is 0 Å². The predicted molar refractivity (Wildman–Crippen MR) is 59.0 cm³/mol. The van der Waals surface area contributed by atoms with E-state index in [0.29, 0.717) is 5.56 Å². The zero-order chi connectivity index (χ0) is 12.1. The number of carboxylic acid groups (broad SMARTS) is 1. The Kier molecular flexibility index (Phi) is 3.94. The number of allylic oxidation sites excluding steroid dienone is 1. The molecule has 0 fully saturated rings. The van der Waals surface area contributed by atoms with Gasteiger partial charge in [0.25, 0.3) is 0 Å². The first-order valence-corrected chi connectivity index (χ1v) is 4.87. The van der Waals surface area contributed by atoms with Gasteiger partial charge in [0.1, 0.15) is 5.92 Å². The zero-order valence-electron chi connectivity index (χ0n) is 8.96. The second kappa shape index (κ2) is 5.21. The van der Waals surface area contributed by atoms with Crippen LogP contribution in [-0.2, 0) is 9.59 Å². The lowest BCUT2D eigenvalue weighted by molar-refractivity contribution is -0.143. The van der Waals surface area contributed by atoms with Crippen molar-refractivity contribution in [1.82, 2.24) is 4.98 Å². The molecule has 1 heterocycles. The summed E-state index contributed by atoms with van der Waals surface area (Å²) >= 11 is 0. The van der Waals surface area contributed by atoms with E-state index in [2.05, 4.69) is 11.6 Å². The minimum Gasteiger partial charge on any atom is -0.480 e. The summed E-state index contributed by atoms with van der Waals surface area (Å²) in [6.45, 7) is 5.11. The van der Waals surface area contributed by atoms with Crippen LogP contribution in [0.25, 0.3) is 0 Å². The Labute approximate surface area is 93.6 Å². The molecule has 2 atom stereocenters. The van der Waals surface area contributed by atoms with Crippen molar-refractivity contribution in [2.24, 2.45) is 5.92 Å². The number of aromatic nitrogens is 1. The smallest absolute Gasteiger partial charge is 0.318 e. The number of rotatable bonds is 5. The molecule has 1 aromatic heterocycles. The van der Waals surface area contributed by atoms with Crippen LogP contribution in [-0.4, -0.2) is 21.8 Å². The van der Waals surface area contributed by atoms with Crippen LogP contribution >= 0.6 is 0 Å². The molecule has 1 rings (SSSR count). The Bertz CT molecular complexity index is 400. The highest BCUT2D eigenvalue weighted by atomic mass is 16.4. The van der Waals surface area contributed by atoms with Gasteiger partial charge in [0.05, 0.1) is 0 Å². The molecule has 0 aromatic carbocycles. The van der Waals surface area contributed by atoms with E-state index < -0.39 is 17.8 Å². The first-order chi connectivity index (χ1) is 7.57. The molecule has 4 heteroatoms. The Morgan fingerprint density at radius 2 is 2.25 bits per heavy atom. The number of hydrogen-bond donors (Lipinski definition) is 1. The SMILES string of the molecule is C=CC(C)C(=O)C(C(=O)O)c1cccnc1. The van der Waals surface area contributed by atoms with Crippen LogP contribution in [0.4, 0.5) is 0 Å². The monoisotopic (exact) mass is 219 g/mol. The van der Waals surface area contributed by atoms with Crippen LogP contribution in [0, 0.1) is 5.92 Å². The van der Waals surface area contributed by atoms with Gasteiger partial charge < -0.3 is 5.11 Å². The summed E-state index contributed by atoms with van der Waals surface area (Å²) in [5, 5.41) is 9.06. The molecule has 0 amide bonds. The maximum Gasteiger partial charge on any atom is 0.318 e. The van der Waals surface area contributed by atoms with Crippen LogP contribution in [0.15, 0.2) is 37.2 Å². The van der Waals surface area contributed by atoms with Crippen LogP contribution in [0.1, 0.15) is 18.4 Å². The predicted octanol–water partition coefficient (Wildman–Crippen LogP) is 1.64. The maximum atomic E-state index is 11.8. The summed E-state index contributed by atoms with van der Waals surface area (Å²) in [5.74, 6) is -3.19. The minimum absolute atomic E-state index is 0.379. The molecule has 0 aliphatic rings. The second-order valence-electron chi connectivity index (χ2n) is 3.48. The molecule has 0 bridgehead atoms. The van der Waals surface area contributed by atoms with E-state index in [1.807, 2.05) is 0 Å². The van der Waals surface area contributed by atoms with E-state index in [1.165, 1.54) is 18.5 Å². The van der Waals surface area contributed by atoms with Gasteiger partial charge in [-0.3, -0.25) is 14.6 Å². The van der Waals surface area contributed by atoms with E-state index >= 15 is 0 Å². The van der Waals surface area contributed by atoms with Gasteiger partial charge in [-0.15, -0.1) is 6.58 Å². The van der Waals surface area contributed by atoms with Crippen LogP contribution in [0.2, 0.25) is 0 Å². The van der Waals surface area contributed by atoms with Crippen molar-refractivity contribution in [3.8, 4) is 0 Å². The number of carbonyl (C=O) groups excluding carboxylic acids is 1. The second-order valence-corrected chi connectivity index (χ2v) is 3.48. The van der Waals surface area contributed by atoms with Crippen LogP contribution in [0.5, 0.6) is 0 Å². The van der Waals surface area contributed by atoms with E-state index in [9.17, 15) is 9.59 Å². The zero-order valence-corrected chi connectivity index (χ0v) is 8.96. The molecule has 16 heavy (non-hydrogen) atoms. The first kappa shape index (κ1) is 12.1. The topological polar surface area (TPSA) is 67.3 Å². The number of carboxylic acids is 1. The molecule has 84 valence electrons. The maximum absolute atomic E-state index is 11.8. The Morgan fingerprint density at radius 1 is 1.56 bits per heavy atom. The number of ketones is 1. The normalized spacial score (nSPS) is 13.8. The molecular formula is C12H13NO3. The molecular weight excluding hydrogens is 206 g/mol. The number of hydrogen-bond acceptors (Lipinski definition) is 3. The van der Waals surface area contributed by atoms with E-state index in [4.69, 9.17) is 5.11 Å². The summed E-state index contributed by atoms with van der Waals surface area (Å²) in [5.41, 5.74) is 0.397. The van der Waals surface area contributed by atoms with Gasteiger partial charge in [0.15, 0.2) is 5.78 Å². The molecule has 1 N–H and O–H groups in total. The Morgan fingerprint density at radius 3 is 2.69 bits per heavy atom. The van der Waals surface area contributed by atoms with Gasteiger partial charge in [-0.1, -0.05) is 19.1 Å². The lowest BCUT2D eigenvalue weighted by Crippen LogP contribution is -2.25. The van der Waals surface area contributed by atoms with Gasteiger partial charge in [-0.2, -0.15) is 0 Å². The third-order valence-corrected chi connectivity index (χ3v) is 2.35. The molecule has 0 saturated heterocycles. The number of carbonyl (C=O) groups is 2. The first-order valence-electron chi connectivity index (χ1n) is 4.87. The highest BCUT2D eigenvalue weighted by Gasteiger charge is 2.30. The van der Waals surface area contributed by atoms with Crippen LogP contribution < -0.4 is 0 Å². The Hall–Kier alpha value is -1.97. The summed E-state index contributed by atoms with van der Waals surface area (Å²) < 4.78 is 0. The average molecular weight is 219 g/mol. The highest BCUT2D eigenvalue weighted by Crippen LogP contribution is 2.20. The summed E-state index contributed by atoms with van der Waals surface area (Å²) in [6.07, 6.45) is 4.37. The van der Waals surface area contributed by atoms with E-state index in [0.717, 1.165) is 0 Å². The fourth-order valence-corrected chi connectivity index (χ4v) is 1.35. The van der Waals surface area contributed by atoms with Crippen molar-refractivity contribution in [3.63, 3.8) is 0 Å². The molecule has 0 aliphatic heterocycles. The Balaban J connectivity index is 3.06. The lowest BCUT2D eigenvalue weighted by atomic mass is 9.89. The van der Waals surface area contributed by atoms with Gasteiger partial charge in [-0.05, 0) is 11.6 Å². The average Bonchev–Trinajstić information content (AvgIpc) is 2.29. The fourth-order valence-electron chi connectivity index (χ4n) is 1.35. The van der Waals surface area contributed by atoms with Gasteiger partial charge in [0.2, 0.25) is 0 Å².